The smallest absolute Gasteiger partial charge is 0.220 e. The van der Waals surface area contributed by atoms with Crippen LogP contribution in [0.3, 0.4) is 0 Å². The number of halogens is 1. The molecule has 1 heterocycles. The summed E-state index contributed by atoms with van der Waals surface area (Å²) >= 11 is 6.23. The number of amides is 1. The Labute approximate surface area is 187 Å². The van der Waals surface area contributed by atoms with Crippen LogP contribution in [0.1, 0.15) is 49.3 Å². The van der Waals surface area contributed by atoms with Crippen molar-refractivity contribution >= 4 is 28.3 Å². The van der Waals surface area contributed by atoms with E-state index in [1.807, 2.05) is 30.3 Å². The molecule has 1 fully saturated rings. The molecule has 1 saturated carbocycles. The van der Waals surface area contributed by atoms with E-state index in [0.29, 0.717) is 17.9 Å². The van der Waals surface area contributed by atoms with Crippen LogP contribution in [-0.2, 0) is 11.2 Å². The van der Waals surface area contributed by atoms with Gasteiger partial charge in [0.2, 0.25) is 5.91 Å². The van der Waals surface area contributed by atoms with Crippen molar-refractivity contribution in [2.45, 2.75) is 50.2 Å². The van der Waals surface area contributed by atoms with E-state index >= 15 is 0 Å². The topological polar surface area (TPSA) is 47.6 Å². The van der Waals surface area contributed by atoms with Crippen LogP contribution in [0.4, 0.5) is 0 Å². The Bertz CT molecular complexity index is 1140. The molecule has 1 atom stereocenters. The monoisotopic (exact) mass is 435 g/mol. The van der Waals surface area contributed by atoms with Gasteiger partial charge in [0, 0.05) is 23.4 Å². The molecule has 0 bridgehead atoms. The zero-order valence-corrected chi connectivity index (χ0v) is 18.4. The van der Waals surface area contributed by atoms with Gasteiger partial charge in [0.05, 0.1) is 13.2 Å². The van der Waals surface area contributed by atoms with E-state index in [2.05, 4.69) is 29.6 Å². The molecular weight excluding hydrogens is 410 g/mol. The Hall–Kier alpha value is -2.72. The maximum Gasteiger partial charge on any atom is 0.220 e. The number of aryl methyl sites for hydroxylation is 1. The van der Waals surface area contributed by atoms with Gasteiger partial charge in [0.25, 0.3) is 0 Å². The summed E-state index contributed by atoms with van der Waals surface area (Å²) in [6.45, 7) is 0. The second-order valence-electron chi connectivity index (χ2n) is 8.69. The predicted octanol–water partition coefficient (Wildman–Crippen LogP) is 6.00. The highest BCUT2D eigenvalue weighted by Crippen LogP contribution is 2.49. The van der Waals surface area contributed by atoms with Gasteiger partial charge in [-0.3, -0.25) is 4.79 Å². The zero-order valence-electron chi connectivity index (χ0n) is 17.6. The van der Waals surface area contributed by atoms with Gasteiger partial charge in [-0.1, -0.05) is 35.9 Å². The van der Waals surface area contributed by atoms with Crippen LogP contribution in [0.15, 0.2) is 54.6 Å². The number of hydrogen-bond acceptors (Lipinski definition) is 3. The van der Waals surface area contributed by atoms with Crippen molar-refractivity contribution in [3.05, 3.63) is 70.7 Å². The first kappa shape index (κ1) is 20.2. The van der Waals surface area contributed by atoms with Crippen molar-refractivity contribution in [1.82, 2.24) is 5.32 Å². The number of hydrogen-bond donors (Lipinski definition) is 1. The number of fused-ring (bicyclic) bond motifs is 2. The standard InChI is InChI=1S/C26H26ClNO3/c1-30-21-8-6-18-13-17(3-5-19(18)14-21)4-10-25(29)28-23-16-26(11-2-12-26)31-24-9-7-20(27)15-22(23)24/h3,5-9,13-15,23H,2,4,10-12,16H2,1H3,(H,28,29)/t23-/m0/s1. The molecule has 3 aromatic rings. The van der Waals surface area contributed by atoms with Crippen LogP contribution >= 0.6 is 11.6 Å². The van der Waals surface area contributed by atoms with Crippen molar-refractivity contribution in [2.24, 2.45) is 0 Å². The van der Waals surface area contributed by atoms with Gasteiger partial charge in [-0.25, -0.2) is 0 Å². The van der Waals surface area contributed by atoms with Crippen LogP contribution in [0.5, 0.6) is 11.5 Å². The number of methoxy groups -OCH3 is 1. The largest absolute Gasteiger partial charge is 0.497 e. The Balaban J connectivity index is 1.27. The molecule has 4 nitrogen and oxygen atoms in total. The summed E-state index contributed by atoms with van der Waals surface area (Å²) in [5, 5.41) is 6.20. The number of carbonyl (C=O) groups excluding carboxylic acids is 1. The molecule has 0 aromatic heterocycles. The van der Waals surface area contributed by atoms with Crippen molar-refractivity contribution in [3.63, 3.8) is 0 Å². The van der Waals surface area contributed by atoms with Crippen LogP contribution in [-0.4, -0.2) is 18.6 Å². The summed E-state index contributed by atoms with van der Waals surface area (Å²) < 4.78 is 11.6. The molecule has 1 amide bonds. The van der Waals surface area contributed by atoms with Crippen LogP contribution in [0.25, 0.3) is 10.8 Å². The average Bonchev–Trinajstić information content (AvgIpc) is 2.76. The van der Waals surface area contributed by atoms with Crippen molar-refractivity contribution < 1.29 is 14.3 Å². The zero-order chi connectivity index (χ0) is 21.4. The minimum Gasteiger partial charge on any atom is -0.497 e. The fourth-order valence-electron chi connectivity index (χ4n) is 4.73. The Kier molecular flexibility index (Phi) is 5.27. The third-order valence-corrected chi connectivity index (χ3v) is 6.84. The molecule has 1 N–H and O–H groups in total. The highest BCUT2D eigenvalue weighted by atomic mass is 35.5. The van der Waals surface area contributed by atoms with Gasteiger partial charge in [-0.05, 0) is 72.4 Å². The first-order valence-electron chi connectivity index (χ1n) is 10.9. The molecular formula is C26H26ClNO3. The summed E-state index contributed by atoms with van der Waals surface area (Å²) in [6.07, 6.45) is 5.22. The molecule has 5 heteroatoms. The quantitative estimate of drug-likeness (QED) is 0.534. The van der Waals surface area contributed by atoms with Gasteiger partial charge >= 0.3 is 0 Å². The fraction of sp³-hybridized carbons (Fsp3) is 0.346. The van der Waals surface area contributed by atoms with E-state index in [9.17, 15) is 4.79 Å². The highest BCUT2D eigenvalue weighted by molar-refractivity contribution is 6.30. The lowest BCUT2D eigenvalue weighted by Gasteiger charge is -2.48. The third-order valence-electron chi connectivity index (χ3n) is 6.60. The van der Waals surface area contributed by atoms with Crippen LogP contribution in [0.2, 0.25) is 5.02 Å². The average molecular weight is 436 g/mol. The third kappa shape index (κ3) is 4.09. The van der Waals surface area contributed by atoms with E-state index in [0.717, 1.165) is 52.7 Å². The second kappa shape index (κ2) is 8.08. The lowest BCUT2D eigenvalue weighted by atomic mass is 9.73. The maximum atomic E-state index is 12.8. The molecule has 31 heavy (non-hydrogen) atoms. The summed E-state index contributed by atoms with van der Waals surface area (Å²) in [4.78, 5) is 12.8. The van der Waals surface area contributed by atoms with E-state index in [1.165, 1.54) is 6.42 Å². The van der Waals surface area contributed by atoms with E-state index < -0.39 is 0 Å². The molecule has 0 radical (unpaired) electrons. The minimum absolute atomic E-state index is 0.0562. The van der Waals surface area contributed by atoms with Gasteiger partial charge in [-0.2, -0.15) is 0 Å². The van der Waals surface area contributed by atoms with E-state index in [4.69, 9.17) is 21.1 Å². The summed E-state index contributed by atoms with van der Waals surface area (Å²) in [7, 11) is 1.67. The van der Waals surface area contributed by atoms with E-state index in [-0.39, 0.29) is 17.6 Å². The summed E-state index contributed by atoms with van der Waals surface area (Å²) in [6, 6.07) is 18.0. The summed E-state index contributed by atoms with van der Waals surface area (Å²) in [5.41, 5.74) is 2.01. The fourth-order valence-corrected chi connectivity index (χ4v) is 4.91. The number of benzene rings is 3. The highest BCUT2D eigenvalue weighted by Gasteiger charge is 2.45. The van der Waals surface area contributed by atoms with Crippen LogP contribution < -0.4 is 14.8 Å². The van der Waals surface area contributed by atoms with Gasteiger partial charge in [0.15, 0.2) is 0 Å². The molecule has 1 spiro atoms. The molecule has 0 saturated heterocycles. The van der Waals surface area contributed by atoms with Crippen molar-refractivity contribution in [3.8, 4) is 11.5 Å². The normalized spacial score (nSPS) is 18.7. The Morgan fingerprint density at radius 2 is 1.94 bits per heavy atom. The van der Waals surface area contributed by atoms with Gasteiger partial charge in [-0.15, -0.1) is 0 Å². The molecule has 2 aliphatic rings. The first-order valence-corrected chi connectivity index (χ1v) is 11.3. The maximum absolute atomic E-state index is 12.8. The van der Waals surface area contributed by atoms with Crippen molar-refractivity contribution in [1.29, 1.82) is 0 Å². The summed E-state index contributed by atoms with van der Waals surface area (Å²) in [5.74, 6) is 1.76. The number of rotatable bonds is 5. The number of nitrogens with one attached hydrogen (secondary N) is 1. The first-order chi connectivity index (χ1) is 15.0. The predicted molar refractivity (Wildman–Crippen MR) is 123 cm³/mol. The van der Waals surface area contributed by atoms with Gasteiger partial charge in [0.1, 0.15) is 17.1 Å². The molecule has 5 rings (SSSR count). The Morgan fingerprint density at radius 3 is 2.71 bits per heavy atom. The van der Waals surface area contributed by atoms with Crippen LogP contribution in [0, 0.1) is 0 Å². The SMILES string of the molecule is COc1ccc2cc(CCC(=O)N[C@H]3CC4(CCC4)Oc4ccc(Cl)cc43)ccc2c1. The lowest BCUT2D eigenvalue weighted by Crippen LogP contribution is -2.49. The number of carbonyl (C=O) groups is 1. The van der Waals surface area contributed by atoms with E-state index in [1.54, 1.807) is 7.11 Å². The number of ether oxygens (including phenoxy) is 2. The molecule has 0 unspecified atom stereocenters. The molecule has 1 aliphatic heterocycles. The Morgan fingerprint density at radius 1 is 1.13 bits per heavy atom. The minimum atomic E-state index is -0.127. The van der Waals surface area contributed by atoms with Gasteiger partial charge < -0.3 is 14.8 Å². The lowest BCUT2D eigenvalue weighted by molar-refractivity contribution is -0.123. The molecule has 1 aliphatic carbocycles. The molecule has 3 aromatic carbocycles. The second-order valence-corrected chi connectivity index (χ2v) is 9.13. The molecule has 160 valence electrons. The van der Waals surface area contributed by atoms with Crippen molar-refractivity contribution in [2.75, 3.05) is 7.11 Å².